The number of piperazine rings is 1. The molecule has 172 valence electrons. The molecule has 0 aromatic heterocycles. The van der Waals surface area contributed by atoms with E-state index < -0.39 is 6.36 Å². The van der Waals surface area contributed by atoms with Gasteiger partial charge in [0.05, 0.1) is 6.04 Å². The minimum atomic E-state index is -4.73. The van der Waals surface area contributed by atoms with Crippen molar-refractivity contribution < 1.29 is 27.5 Å². The van der Waals surface area contributed by atoms with Gasteiger partial charge in [0.2, 0.25) is 11.8 Å². The molecule has 3 unspecified atom stereocenters. The van der Waals surface area contributed by atoms with Crippen LogP contribution in [0.5, 0.6) is 5.75 Å². The molecular weight excluding hydrogens is 413 g/mol. The lowest BCUT2D eigenvalue weighted by atomic mass is 10.0. The van der Waals surface area contributed by atoms with Crippen molar-refractivity contribution in [3.63, 3.8) is 0 Å². The van der Waals surface area contributed by atoms with Crippen molar-refractivity contribution in [2.24, 2.45) is 0 Å². The summed E-state index contributed by atoms with van der Waals surface area (Å²) in [6.45, 7) is 5.34. The SMILES string of the molecule is CC(C)NC(=O)CCC1CNC(=O)C2CC(NCc3cccc(OC(F)(F)F)c3)CN12. The van der Waals surface area contributed by atoms with Crippen LogP contribution in [-0.2, 0) is 16.1 Å². The third-order valence-electron chi connectivity index (χ3n) is 5.50. The van der Waals surface area contributed by atoms with Crippen molar-refractivity contribution in [3.8, 4) is 5.75 Å². The molecule has 0 bridgehead atoms. The standard InChI is InChI=1S/C21H29F3N4O3/c1-13(2)27-19(29)7-6-16-11-26-20(30)18-9-15(12-28(16)18)25-10-14-4-3-5-17(8-14)31-21(22,23)24/h3-5,8,13,15-16,18,25H,6-7,9-12H2,1-2H3,(H,26,30)(H,27,29). The molecule has 7 nitrogen and oxygen atoms in total. The van der Waals surface area contributed by atoms with E-state index in [2.05, 4.69) is 25.6 Å². The topological polar surface area (TPSA) is 82.7 Å². The molecule has 0 saturated carbocycles. The van der Waals surface area contributed by atoms with Gasteiger partial charge in [-0.25, -0.2) is 0 Å². The fraction of sp³-hybridized carbons (Fsp3) is 0.619. The Hall–Kier alpha value is -2.33. The van der Waals surface area contributed by atoms with Crippen LogP contribution in [0.15, 0.2) is 24.3 Å². The van der Waals surface area contributed by atoms with Crippen LogP contribution in [0.2, 0.25) is 0 Å². The third-order valence-corrected chi connectivity index (χ3v) is 5.50. The molecule has 2 fully saturated rings. The van der Waals surface area contributed by atoms with E-state index in [-0.39, 0.29) is 41.7 Å². The number of nitrogens with zero attached hydrogens (tertiary/aromatic N) is 1. The lowest BCUT2D eigenvalue weighted by Gasteiger charge is -2.37. The summed E-state index contributed by atoms with van der Waals surface area (Å²) in [5, 5.41) is 9.15. The monoisotopic (exact) mass is 442 g/mol. The first-order chi connectivity index (χ1) is 14.6. The highest BCUT2D eigenvalue weighted by Crippen LogP contribution is 2.27. The van der Waals surface area contributed by atoms with Crippen molar-refractivity contribution in [2.45, 2.75) is 70.2 Å². The van der Waals surface area contributed by atoms with Gasteiger partial charge >= 0.3 is 6.36 Å². The molecule has 2 aliphatic rings. The maximum Gasteiger partial charge on any atom is 0.573 e. The van der Waals surface area contributed by atoms with Gasteiger partial charge in [-0.3, -0.25) is 14.5 Å². The lowest BCUT2D eigenvalue weighted by Crippen LogP contribution is -2.58. The molecule has 0 spiro atoms. The predicted molar refractivity (Wildman–Crippen MR) is 108 cm³/mol. The average Bonchev–Trinajstić information content (AvgIpc) is 3.10. The predicted octanol–water partition coefficient (Wildman–Crippen LogP) is 1.92. The van der Waals surface area contributed by atoms with E-state index in [4.69, 9.17) is 0 Å². The zero-order chi connectivity index (χ0) is 22.6. The van der Waals surface area contributed by atoms with Crippen molar-refractivity contribution in [1.82, 2.24) is 20.9 Å². The zero-order valence-corrected chi connectivity index (χ0v) is 17.7. The Kier molecular flexibility index (Phi) is 7.42. The number of alkyl halides is 3. The van der Waals surface area contributed by atoms with Gasteiger partial charge in [-0.1, -0.05) is 12.1 Å². The number of nitrogens with one attached hydrogen (secondary N) is 3. The number of rotatable bonds is 8. The van der Waals surface area contributed by atoms with E-state index in [9.17, 15) is 22.8 Å². The molecule has 2 amide bonds. The Labute approximate surface area is 179 Å². The van der Waals surface area contributed by atoms with Crippen LogP contribution < -0.4 is 20.7 Å². The minimum absolute atomic E-state index is 0.00159. The molecule has 2 heterocycles. The van der Waals surface area contributed by atoms with Gasteiger partial charge < -0.3 is 20.7 Å². The first-order valence-corrected chi connectivity index (χ1v) is 10.5. The normalized spacial score (nSPS) is 24.1. The summed E-state index contributed by atoms with van der Waals surface area (Å²) in [5.41, 5.74) is 0.665. The number of hydrogen-bond acceptors (Lipinski definition) is 5. The molecule has 2 aliphatic heterocycles. The van der Waals surface area contributed by atoms with E-state index in [1.54, 1.807) is 6.07 Å². The van der Waals surface area contributed by atoms with Gasteiger partial charge in [0.15, 0.2) is 0 Å². The Morgan fingerprint density at radius 3 is 2.84 bits per heavy atom. The maximum absolute atomic E-state index is 12.4. The summed E-state index contributed by atoms with van der Waals surface area (Å²) >= 11 is 0. The quantitative estimate of drug-likeness (QED) is 0.573. The molecule has 3 N–H and O–H groups in total. The van der Waals surface area contributed by atoms with Crippen LogP contribution in [0.25, 0.3) is 0 Å². The largest absolute Gasteiger partial charge is 0.573 e. The first-order valence-electron chi connectivity index (χ1n) is 10.5. The van der Waals surface area contributed by atoms with Gasteiger partial charge in [0.25, 0.3) is 0 Å². The number of carbonyl (C=O) groups is 2. The Balaban J connectivity index is 1.54. The van der Waals surface area contributed by atoms with E-state index in [0.717, 1.165) is 0 Å². The first kappa shape index (κ1) is 23.3. The van der Waals surface area contributed by atoms with Gasteiger partial charge in [-0.15, -0.1) is 13.2 Å². The number of hydrogen-bond donors (Lipinski definition) is 3. The highest BCUT2D eigenvalue weighted by molar-refractivity contribution is 5.83. The molecule has 1 aromatic carbocycles. The van der Waals surface area contributed by atoms with E-state index in [1.165, 1.54) is 18.2 Å². The fourth-order valence-electron chi connectivity index (χ4n) is 4.20. The smallest absolute Gasteiger partial charge is 0.406 e. The maximum atomic E-state index is 12.4. The van der Waals surface area contributed by atoms with E-state index in [1.807, 2.05) is 13.8 Å². The van der Waals surface area contributed by atoms with Gasteiger partial charge in [-0.2, -0.15) is 0 Å². The fourth-order valence-corrected chi connectivity index (χ4v) is 4.20. The number of halogens is 3. The molecule has 2 saturated heterocycles. The summed E-state index contributed by atoms with van der Waals surface area (Å²) in [6, 6.07) is 5.78. The highest BCUT2D eigenvalue weighted by atomic mass is 19.4. The van der Waals surface area contributed by atoms with Crippen molar-refractivity contribution in [3.05, 3.63) is 29.8 Å². The molecule has 3 atom stereocenters. The summed E-state index contributed by atoms with van der Waals surface area (Å²) in [6.07, 6.45) is -3.07. The van der Waals surface area contributed by atoms with Crippen LogP contribution in [0, 0.1) is 0 Å². The Morgan fingerprint density at radius 2 is 2.13 bits per heavy atom. The second-order valence-corrected chi connectivity index (χ2v) is 8.38. The lowest BCUT2D eigenvalue weighted by molar-refractivity contribution is -0.274. The average molecular weight is 442 g/mol. The van der Waals surface area contributed by atoms with Crippen LogP contribution in [0.4, 0.5) is 13.2 Å². The van der Waals surface area contributed by atoms with E-state index in [0.29, 0.717) is 44.5 Å². The van der Waals surface area contributed by atoms with Crippen LogP contribution in [0.1, 0.15) is 38.7 Å². The summed E-state index contributed by atoms with van der Waals surface area (Å²) in [4.78, 5) is 26.4. The molecular formula is C21H29F3N4O3. The molecule has 0 radical (unpaired) electrons. The van der Waals surface area contributed by atoms with Gasteiger partial charge in [0.1, 0.15) is 5.75 Å². The van der Waals surface area contributed by atoms with E-state index >= 15 is 0 Å². The third kappa shape index (κ3) is 6.83. The highest BCUT2D eigenvalue weighted by Gasteiger charge is 2.43. The molecule has 3 rings (SSSR count). The molecule has 0 aliphatic carbocycles. The Morgan fingerprint density at radius 1 is 1.35 bits per heavy atom. The Bertz CT molecular complexity index is 787. The second kappa shape index (κ2) is 9.86. The number of ether oxygens (including phenoxy) is 1. The zero-order valence-electron chi connectivity index (χ0n) is 17.7. The van der Waals surface area contributed by atoms with Crippen LogP contribution >= 0.6 is 0 Å². The van der Waals surface area contributed by atoms with Gasteiger partial charge in [-0.05, 0) is 44.4 Å². The molecule has 31 heavy (non-hydrogen) atoms. The van der Waals surface area contributed by atoms with Crippen molar-refractivity contribution in [1.29, 1.82) is 0 Å². The van der Waals surface area contributed by atoms with Gasteiger partial charge in [0, 0.05) is 44.2 Å². The number of amides is 2. The summed E-state index contributed by atoms with van der Waals surface area (Å²) in [7, 11) is 0. The van der Waals surface area contributed by atoms with Crippen molar-refractivity contribution >= 4 is 11.8 Å². The number of benzene rings is 1. The van der Waals surface area contributed by atoms with Crippen molar-refractivity contribution in [2.75, 3.05) is 13.1 Å². The minimum Gasteiger partial charge on any atom is -0.406 e. The summed E-state index contributed by atoms with van der Waals surface area (Å²) in [5.74, 6) is -0.277. The number of fused-ring (bicyclic) bond motifs is 1. The molecule has 10 heteroatoms. The molecule has 1 aromatic rings. The van der Waals surface area contributed by atoms with Crippen LogP contribution in [-0.4, -0.2) is 60.3 Å². The second-order valence-electron chi connectivity index (χ2n) is 8.38. The van der Waals surface area contributed by atoms with Crippen LogP contribution in [0.3, 0.4) is 0 Å². The number of carbonyl (C=O) groups excluding carboxylic acids is 2. The summed E-state index contributed by atoms with van der Waals surface area (Å²) < 4.78 is 41.2.